The fourth-order valence-corrected chi connectivity index (χ4v) is 2.49. The van der Waals surface area contributed by atoms with Crippen LogP contribution in [0.2, 0.25) is 0 Å². The monoisotopic (exact) mass is 219 g/mol. The predicted molar refractivity (Wildman–Crippen MR) is 66.0 cm³/mol. The summed E-state index contributed by atoms with van der Waals surface area (Å²) in [5.74, 6) is 0. The molecule has 0 radical (unpaired) electrons. The molecule has 0 amide bonds. The number of nitrogens with two attached hydrogens (primary N) is 1. The van der Waals surface area contributed by atoms with Crippen molar-refractivity contribution < 1.29 is 0 Å². The summed E-state index contributed by atoms with van der Waals surface area (Å²) in [7, 11) is 2.19. The van der Waals surface area contributed by atoms with Gasteiger partial charge in [0.05, 0.1) is 0 Å². The van der Waals surface area contributed by atoms with Gasteiger partial charge in [-0.2, -0.15) is 0 Å². The maximum absolute atomic E-state index is 6.12. The largest absolute Gasteiger partial charge is 0.326 e. The first kappa shape index (κ1) is 11.6. The summed E-state index contributed by atoms with van der Waals surface area (Å²) in [4.78, 5) is 6.50. The molecule has 2 N–H and O–H groups in total. The summed E-state index contributed by atoms with van der Waals surface area (Å²) in [6, 6.07) is 5.32. The molecule has 0 bridgehead atoms. The molecule has 0 aliphatic heterocycles. The van der Waals surface area contributed by atoms with Crippen LogP contribution in [-0.4, -0.2) is 29.0 Å². The van der Waals surface area contributed by atoms with Gasteiger partial charge < -0.3 is 5.73 Å². The molecule has 1 fully saturated rings. The first-order valence-electron chi connectivity index (χ1n) is 6.07. The molecule has 2 unspecified atom stereocenters. The number of aromatic nitrogens is 1. The molecule has 0 spiro atoms. The summed E-state index contributed by atoms with van der Waals surface area (Å²) in [6.07, 6.45) is 7.67. The standard InChI is InChI=1S/C13H21N3/c1-10(14)13(11-6-8-15-9-7-11)16(2)12-4-3-5-12/h6-10,12-13H,3-5,14H2,1-2H3. The quantitative estimate of drug-likeness (QED) is 0.841. The molecular weight excluding hydrogens is 198 g/mol. The van der Waals surface area contributed by atoms with Crippen LogP contribution in [0.3, 0.4) is 0 Å². The first-order chi connectivity index (χ1) is 7.70. The molecule has 1 aliphatic rings. The van der Waals surface area contributed by atoms with Crippen LogP contribution in [0.1, 0.15) is 37.8 Å². The van der Waals surface area contributed by atoms with Crippen molar-refractivity contribution in [2.45, 2.75) is 44.3 Å². The van der Waals surface area contributed by atoms with E-state index in [0.717, 1.165) is 0 Å². The Kier molecular flexibility index (Phi) is 3.56. The van der Waals surface area contributed by atoms with Gasteiger partial charge in [0.1, 0.15) is 0 Å². The topological polar surface area (TPSA) is 42.1 Å². The second-order valence-corrected chi connectivity index (χ2v) is 4.83. The van der Waals surface area contributed by atoms with Crippen molar-refractivity contribution in [2.24, 2.45) is 5.73 Å². The molecule has 2 atom stereocenters. The summed E-state index contributed by atoms with van der Waals surface area (Å²) in [6.45, 7) is 2.08. The van der Waals surface area contributed by atoms with Crippen LogP contribution in [0.15, 0.2) is 24.5 Å². The van der Waals surface area contributed by atoms with Crippen LogP contribution < -0.4 is 5.73 Å². The molecule has 1 saturated carbocycles. The highest BCUT2D eigenvalue weighted by atomic mass is 15.2. The molecule has 1 heterocycles. The van der Waals surface area contributed by atoms with Gasteiger partial charge in [0.25, 0.3) is 0 Å². The molecule has 0 saturated heterocycles. The van der Waals surface area contributed by atoms with Crippen molar-refractivity contribution in [3.8, 4) is 0 Å². The highest BCUT2D eigenvalue weighted by Crippen LogP contribution is 2.31. The van der Waals surface area contributed by atoms with E-state index in [0.29, 0.717) is 12.1 Å². The molecule has 3 nitrogen and oxygen atoms in total. The zero-order valence-corrected chi connectivity index (χ0v) is 10.1. The van der Waals surface area contributed by atoms with E-state index in [9.17, 15) is 0 Å². The van der Waals surface area contributed by atoms with Gasteiger partial charge >= 0.3 is 0 Å². The second-order valence-electron chi connectivity index (χ2n) is 4.83. The molecule has 1 aromatic heterocycles. The highest BCUT2D eigenvalue weighted by Gasteiger charge is 2.30. The molecule has 88 valence electrons. The molecule has 16 heavy (non-hydrogen) atoms. The summed E-state index contributed by atoms with van der Waals surface area (Å²) >= 11 is 0. The zero-order valence-electron chi connectivity index (χ0n) is 10.1. The van der Waals surface area contributed by atoms with Crippen LogP contribution >= 0.6 is 0 Å². The van der Waals surface area contributed by atoms with Crippen molar-refractivity contribution >= 4 is 0 Å². The Morgan fingerprint density at radius 1 is 1.38 bits per heavy atom. The third kappa shape index (κ3) is 2.25. The van der Waals surface area contributed by atoms with Gasteiger partial charge in [0, 0.05) is 30.5 Å². The van der Waals surface area contributed by atoms with Gasteiger partial charge in [-0.3, -0.25) is 9.88 Å². The number of hydrogen-bond donors (Lipinski definition) is 1. The van der Waals surface area contributed by atoms with Crippen LogP contribution in [-0.2, 0) is 0 Å². The molecule has 3 heteroatoms. The fourth-order valence-electron chi connectivity index (χ4n) is 2.49. The van der Waals surface area contributed by atoms with Crippen molar-refractivity contribution in [2.75, 3.05) is 7.05 Å². The SMILES string of the molecule is CC(N)C(c1ccncc1)N(C)C1CCC1. The lowest BCUT2D eigenvalue weighted by atomic mass is 9.88. The van der Waals surface area contributed by atoms with E-state index in [1.165, 1.54) is 24.8 Å². The van der Waals surface area contributed by atoms with E-state index in [2.05, 4.69) is 36.0 Å². The van der Waals surface area contributed by atoms with Gasteiger partial charge in [-0.25, -0.2) is 0 Å². The average Bonchev–Trinajstić information content (AvgIpc) is 2.16. The van der Waals surface area contributed by atoms with E-state index in [1.54, 1.807) is 0 Å². The summed E-state index contributed by atoms with van der Waals surface area (Å²) in [5, 5.41) is 0. The summed E-state index contributed by atoms with van der Waals surface area (Å²) in [5.41, 5.74) is 7.40. The van der Waals surface area contributed by atoms with Crippen LogP contribution in [0, 0.1) is 0 Å². The number of hydrogen-bond acceptors (Lipinski definition) is 3. The normalized spacial score (nSPS) is 20.5. The molecule has 0 aromatic carbocycles. The van der Waals surface area contributed by atoms with E-state index in [-0.39, 0.29) is 6.04 Å². The van der Waals surface area contributed by atoms with E-state index < -0.39 is 0 Å². The number of rotatable bonds is 4. The van der Waals surface area contributed by atoms with Crippen molar-refractivity contribution in [3.05, 3.63) is 30.1 Å². The van der Waals surface area contributed by atoms with Crippen molar-refractivity contribution in [1.29, 1.82) is 0 Å². The van der Waals surface area contributed by atoms with E-state index >= 15 is 0 Å². The van der Waals surface area contributed by atoms with Crippen molar-refractivity contribution in [3.63, 3.8) is 0 Å². The Morgan fingerprint density at radius 3 is 2.44 bits per heavy atom. The smallest absolute Gasteiger partial charge is 0.0497 e. The van der Waals surface area contributed by atoms with Gasteiger partial charge in [-0.15, -0.1) is 0 Å². The fraction of sp³-hybridized carbons (Fsp3) is 0.615. The Hall–Kier alpha value is -0.930. The minimum atomic E-state index is 0.146. The van der Waals surface area contributed by atoms with E-state index in [4.69, 9.17) is 5.73 Å². The first-order valence-corrected chi connectivity index (χ1v) is 6.07. The number of nitrogens with zero attached hydrogens (tertiary/aromatic N) is 2. The predicted octanol–water partition coefficient (Wildman–Crippen LogP) is 1.95. The summed E-state index contributed by atoms with van der Waals surface area (Å²) < 4.78 is 0. The molecule has 1 aromatic rings. The molecule has 2 rings (SSSR count). The van der Waals surface area contributed by atoms with E-state index in [1.807, 2.05) is 12.4 Å². The third-order valence-corrected chi connectivity index (χ3v) is 3.64. The second kappa shape index (κ2) is 4.93. The maximum Gasteiger partial charge on any atom is 0.0497 e. The Balaban J connectivity index is 2.16. The minimum Gasteiger partial charge on any atom is -0.326 e. The number of pyridine rings is 1. The van der Waals surface area contributed by atoms with Gasteiger partial charge in [0.15, 0.2) is 0 Å². The maximum atomic E-state index is 6.12. The van der Waals surface area contributed by atoms with Crippen LogP contribution in [0.4, 0.5) is 0 Å². The van der Waals surface area contributed by atoms with Gasteiger partial charge in [0.2, 0.25) is 0 Å². The van der Waals surface area contributed by atoms with Crippen LogP contribution in [0.25, 0.3) is 0 Å². The Labute approximate surface area is 97.7 Å². The molecular formula is C13H21N3. The van der Waals surface area contributed by atoms with Gasteiger partial charge in [-0.1, -0.05) is 6.42 Å². The van der Waals surface area contributed by atoms with Crippen molar-refractivity contribution in [1.82, 2.24) is 9.88 Å². The Bertz CT molecular complexity index is 319. The molecule has 1 aliphatic carbocycles. The number of likely N-dealkylation sites (N-methyl/N-ethyl adjacent to an activating group) is 1. The Morgan fingerprint density at radius 2 is 2.00 bits per heavy atom. The lowest BCUT2D eigenvalue weighted by molar-refractivity contribution is 0.0979. The minimum absolute atomic E-state index is 0.146. The average molecular weight is 219 g/mol. The van der Waals surface area contributed by atoms with Crippen LogP contribution in [0.5, 0.6) is 0 Å². The van der Waals surface area contributed by atoms with Gasteiger partial charge in [-0.05, 0) is 44.5 Å². The lowest BCUT2D eigenvalue weighted by Gasteiger charge is -2.41. The third-order valence-electron chi connectivity index (χ3n) is 3.64. The lowest BCUT2D eigenvalue weighted by Crippen LogP contribution is -2.45. The zero-order chi connectivity index (χ0) is 11.5. The highest BCUT2D eigenvalue weighted by molar-refractivity contribution is 5.17.